The van der Waals surface area contributed by atoms with E-state index < -0.39 is 5.82 Å². The molecule has 1 amide bonds. The van der Waals surface area contributed by atoms with E-state index in [2.05, 4.69) is 37.1 Å². The van der Waals surface area contributed by atoms with Gasteiger partial charge in [-0.15, -0.1) is 11.3 Å². The third-order valence-electron chi connectivity index (χ3n) is 4.77. The zero-order valence-corrected chi connectivity index (χ0v) is 18.4. The van der Waals surface area contributed by atoms with Crippen LogP contribution < -0.4 is 10.6 Å². The van der Waals surface area contributed by atoms with Crippen molar-refractivity contribution in [1.29, 1.82) is 0 Å². The highest BCUT2D eigenvalue weighted by atomic mass is 32.1. The van der Waals surface area contributed by atoms with Crippen LogP contribution in [0.15, 0.2) is 49.2 Å². The fourth-order valence-electron chi connectivity index (χ4n) is 3.20. The maximum absolute atomic E-state index is 13.8. The Morgan fingerprint density at radius 1 is 1.19 bits per heavy atom. The van der Waals surface area contributed by atoms with Gasteiger partial charge in [-0.1, -0.05) is 18.7 Å². The van der Waals surface area contributed by atoms with Gasteiger partial charge in [0.05, 0.1) is 39.7 Å². The van der Waals surface area contributed by atoms with Gasteiger partial charge in [-0.2, -0.15) is 0 Å². The van der Waals surface area contributed by atoms with E-state index in [1.807, 2.05) is 31.2 Å². The maximum Gasteiger partial charge on any atom is 0.271 e. The Morgan fingerprint density at radius 2 is 2.03 bits per heavy atom. The van der Waals surface area contributed by atoms with Crippen LogP contribution >= 0.6 is 11.3 Å². The normalized spacial score (nSPS) is 11.1. The van der Waals surface area contributed by atoms with Crippen LogP contribution in [0.2, 0.25) is 0 Å². The first kappa shape index (κ1) is 21.8. The number of nitrogens with zero attached hydrogens (tertiary/aromatic N) is 3. The Bertz CT molecular complexity index is 1230. The van der Waals surface area contributed by atoms with Gasteiger partial charge in [0.25, 0.3) is 5.91 Å². The Balaban J connectivity index is 1.35. The summed E-state index contributed by atoms with van der Waals surface area (Å²) >= 11 is 1.45. The summed E-state index contributed by atoms with van der Waals surface area (Å²) in [7, 11) is 0. The number of aromatic amines is 1. The van der Waals surface area contributed by atoms with Crippen LogP contribution in [-0.2, 0) is 19.5 Å². The molecule has 3 heterocycles. The molecule has 0 unspecified atom stereocenters. The standard InChI is InChI=1S/C23H23FN6OS/c1-14(2)22-21(23(31)27-12-18-15(24)6-5-10-26-18)30-20(32-22)9-11-25-13-19-28-16-7-3-4-8-17(16)29-19/h3-8,10,25H,1,9,11-13H2,2H3,(H,27,31)(H,28,29). The average Bonchev–Trinajstić information content (AvgIpc) is 3.40. The molecule has 7 nitrogen and oxygen atoms in total. The summed E-state index contributed by atoms with van der Waals surface area (Å²) in [5, 5.41) is 6.88. The smallest absolute Gasteiger partial charge is 0.271 e. The van der Waals surface area contributed by atoms with Crippen LogP contribution in [0.3, 0.4) is 0 Å². The second-order valence-corrected chi connectivity index (χ2v) is 8.39. The fourth-order valence-corrected chi connectivity index (χ4v) is 4.19. The number of amides is 1. The fraction of sp³-hybridized carbons (Fsp3) is 0.217. The van der Waals surface area contributed by atoms with E-state index >= 15 is 0 Å². The molecular weight excluding hydrogens is 427 g/mol. The lowest BCUT2D eigenvalue weighted by atomic mass is 10.2. The topological polar surface area (TPSA) is 95.6 Å². The monoisotopic (exact) mass is 450 g/mol. The highest BCUT2D eigenvalue weighted by Gasteiger charge is 2.19. The van der Waals surface area contributed by atoms with Crippen molar-refractivity contribution in [1.82, 2.24) is 30.6 Å². The van der Waals surface area contributed by atoms with Crippen LogP contribution in [0.4, 0.5) is 4.39 Å². The molecule has 1 aromatic carbocycles. The molecule has 0 bridgehead atoms. The Kier molecular flexibility index (Phi) is 6.67. The minimum Gasteiger partial charge on any atom is -0.345 e. The van der Waals surface area contributed by atoms with E-state index in [1.165, 1.54) is 29.7 Å². The summed E-state index contributed by atoms with van der Waals surface area (Å²) in [4.78, 5) is 29.7. The molecule has 0 fully saturated rings. The zero-order valence-electron chi connectivity index (χ0n) is 17.6. The quantitative estimate of drug-likeness (QED) is 0.337. The molecule has 3 aromatic heterocycles. The van der Waals surface area contributed by atoms with Crippen molar-refractivity contribution < 1.29 is 9.18 Å². The summed E-state index contributed by atoms with van der Waals surface area (Å²) in [5.41, 5.74) is 3.21. The number of halogens is 1. The molecule has 164 valence electrons. The van der Waals surface area contributed by atoms with Gasteiger partial charge < -0.3 is 15.6 Å². The van der Waals surface area contributed by atoms with Crippen LogP contribution in [0, 0.1) is 5.82 Å². The lowest BCUT2D eigenvalue weighted by Crippen LogP contribution is -2.25. The highest BCUT2D eigenvalue weighted by Crippen LogP contribution is 2.25. The molecule has 0 aliphatic heterocycles. The summed E-state index contributed by atoms with van der Waals surface area (Å²) in [5.74, 6) is 0.0444. The number of allylic oxidation sites excluding steroid dienone is 1. The zero-order chi connectivity index (χ0) is 22.5. The van der Waals surface area contributed by atoms with Gasteiger partial charge in [-0.3, -0.25) is 9.78 Å². The number of benzene rings is 1. The van der Waals surface area contributed by atoms with Crippen LogP contribution in [0.5, 0.6) is 0 Å². The number of para-hydroxylation sites is 2. The average molecular weight is 451 g/mol. The lowest BCUT2D eigenvalue weighted by Gasteiger charge is -2.05. The number of hydrogen-bond donors (Lipinski definition) is 3. The second kappa shape index (κ2) is 9.80. The summed E-state index contributed by atoms with van der Waals surface area (Å²) in [6.45, 7) is 7.08. The van der Waals surface area contributed by atoms with E-state index in [0.29, 0.717) is 25.2 Å². The van der Waals surface area contributed by atoms with E-state index in [4.69, 9.17) is 0 Å². The molecule has 0 aliphatic rings. The molecule has 4 rings (SSSR count). The molecule has 9 heteroatoms. The van der Waals surface area contributed by atoms with Crippen LogP contribution in [-0.4, -0.2) is 32.4 Å². The Labute approximate surface area is 188 Å². The third-order valence-corrected chi connectivity index (χ3v) is 6.05. The van der Waals surface area contributed by atoms with Crippen LogP contribution in [0.25, 0.3) is 16.6 Å². The number of pyridine rings is 1. The number of aromatic nitrogens is 4. The summed E-state index contributed by atoms with van der Waals surface area (Å²) in [6, 6.07) is 10.7. The Morgan fingerprint density at radius 3 is 2.81 bits per heavy atom. The van der Waals surface area contributed by atoms with Gasteiger partial charge in [-0.25, -0.2) is 14.4 Å². The van der Waals surface area contributed by atoms with Gasteiger partial charge in [0.1, 0.15) is 17.3 Å². The van der Waals surface area contributed by atoms with E-state index in [9.17, 15) is 9.18 Å². The molecule has 4 aromatic rings. The first-order valence-electron chi connectivity index (χ1n) is 10.2. The van der Waals surface area contributed by atoms with Crippen molar-refractivity contribution in [2.24, 2.45) is 0 Å². The molecule has 0 saturated heterocycles. The molecule has 0 saturated carbocycles. The molecule has 32 heavy (non-hydrogen) atoms. The first-order valence-corrected chi connectivity index (χ1v) is 11.0. The highest BCUT2D eigenvalue weighted by molar-refractivity contribution is 7.13. The van der Waals surface area contributed by atoms with E-state index in [-0.39, 0.29) is 18.1 Å². The number of H-pyrrole nitrogens is 1. The predicted molar refractivity (Wildman–Crippen MR) is 124 cm³/mol. The SMILES string of the molecule is C=C(C)c1sc(CCNCc2nc3ccccc3[nH]2)nc1C(=O)NCc1ncccc1F. The first-order chi connectivity index (χ1) is 15.5. The lowest BCUT2D eigenvalue weighted by molar-refractivity contribution is 0.0945. The molecule has 0 spiro atoms. The van der Waals surface area contributed by atoms with Gasteiger partial charge in [-0.05, 0) is 36.8 Å². The Hall–Kier alpha value is -3.43. The van der Waals surface area contributed by atoms with Crippen molar-refractivity contribution in [3.63, 3.8) is 0 Å². The van der Waals surface area contributed by atoms with Gasteiger partial charge in [0.2, 0.25) is 0 Å². The van der Waals surface area contributed by atoms with E-state index in [0.717, 1.165) is 32.3 Å². The van der Waals surface area contributed by atoms with Crippen molar-refractivity contribution in [3.8, 4) is 0 Å². The van der Waals surface area contributed by atoms with Crippen molar-refractivity contribution in [3.05, 3.63) is 82.1 Å². The summed E-state index contributed by atoms with van der Waals surface area (Å²) in [6.07, 6.45) is 2.15. The van der Waals surface area contributed by atoms with E-state index in [1.54, 1.807) is 0 Å². The summed E-state index contributed by atoms with van der Waals surface area (Å²) < 4.78 is 13.8. The number of hydrogen-bond acceptors (Lipinski definition) is 6. The molecule has 0 aliphatic carbocycles. The van der Waals surface area contributed by atoms with Crippen molar-refractivity contribution in [2.75, 3.05) is 6.54 Å². The minimum atomic E-state index is -0.456. The number of carbonyl (C=O) groups is 1. The number of fused-ring (bicyclic) bond motifs is 1. The number of carbonyl (C=O) groups excluding carboxylic acids is 1. The molecule has 3 N–H and O–H groups in total. The number of imidazole rings is 1. The second-order valence-electron chi connectivity index (χ2n) is 7.31. The molecular formula is C23H23FN6OS. The number of rotatable bonds is 9. The van der Waals surface area contributed by atoms with Crippen molar-refractivity contribution in [2.45, 2.75) is 26.4 Å². The number of nitrogens with one attached hydrogen (secondary N) is 3. The van der Waals surface area contributed by atoms with Crippen molar-refractivity contribution >= 4 is 33.9 Å². The predicted octanol–water partition coefficient (Wildman–Crippen LogP) is 3.85. The maximum atomic E-state index is 13.8. The third kappa shape index (κ3) is 5.06. The van der Waals surface area contributed by atoms with Gasteiger partial charge in [0, 0.05) is 19.2 Å². The minimum absolute atomic E-state index is 0.00689. The molecule has 0 radical (unpaired) electrons. The molecule has 0 atom stereocenters. The van der Waals surface area contributed by atoms with Crippen LogP contribution in [0.1, 0.15) is 38.8 Å². The largest absolute Gasteiger partial charge is 0.345 e. The van der Waals surface area contributed by atoms with Gasteiger partial charge in [0.15, 0.2) is 0 Å². The van der Waals surface area contributed by atoms with Gasteiger partial charge >= 0.3 is 0 Å². The number of thiazole rings is 1.